The van der Waals surface area contributed by atoms with Crippen LogP contribution in [0.1, 0.15) is 48.9 Å². The van der Waals surface area contributed by atoms with E-state index in [-0.39, 0.29) is 5.97 Å². The van der Waals surface area contributed by atoms with Crippen molar-refractivity contribution in [3.63, 3.8) is 0 Å². The molecule has 0 amide bonds. The summed E-state index contributed by atoms with van der Waals surface area (Å²) in [4.78, 5) is 11.8. The van der Waals surface area contributed by atoms with Crippen molar-refractivity contribution in [2.75, 3.05) is 0 Å². The van der Waals surface area contributed by atoms with Crippen molar-refractivity contribution in [1.82, 2.24) is 0 Å². The summed E-state index contributed by atoms with van der Waals surface area (Å²) in [6.07, 6.45) is 8.83. The van der Waals surface area contributed by atoms with Crippen molar-refractivity contribution in [2.45, 2.75) is 38.5 Å². The van der Waals surface area contributed by atoms with Crippen LogP contribution < -0.4 is 0 Å². The van der Waals surface area contributed by atoms with Gasteiger partial charge in [0.2, 0.25) is 0 Å². The third kappa shape index (κ3) is 3.74. The fourth-order valence-electron chi connectivity index (χ4n) is 2.01. The maximum Gasteiger partial charge on any atom is 0.343 e. The molecule has 0 spiro atoms. The van der Waals surface area contributed by atoms with Crippen LogP contribution in [0.25, 0.3) is 0 Å². The molecule has 0 saturated carbocycles. The number of rotatable bonds is 2. The Morgan fingerprint density at radius 2 is 1.76 bits per heavy atom. The maximum absolute atomic E-state index is 11.8. The van der Waals surface area contributed by atoms with Gasteiger partial charge in [0.25, 0.3) is 0 Å². The Hall–Kier alpha value is -1.57. The second kappa shape index (κ2) is 6.24. The number of carbonyl (C=O) groups excluding carboxylic acids is 1. The zero-order valence-electron chi connectivity index (χ0n) is 10.0. The Kier molecular flexibility index (Phi) is 4.37. The van der Waals surface area contributed by atoms with Gasteiger partial charge >= 0.3 is 5.97 Å². The Labute approximate surface area is 102 Å². The summed E-state index contributed by atoms with van der Waals surface area (Å²) in [5, 5.41) is 0. The molecule has 0 radical (unpaired) electrons. The summed E-state index contributed by atoms with van der Waals surface area (Å²) >= 11 is 0. The molecule has 0 N–H and O–H groups in total. The van der Waals surface area contributed by atoms with Gasteiger partial charge in [-0.25, -0.2) is 4.79 Å². The lowest BCUT2D eigenvalue weighted by Gasteiger charge is -2.11. The van der Waals surface area contributed by atoms with E-state index < -0.39 is 0 Å². The van der Waals surface area contributed by atoms with Gasteiger partial charge in [-0.1, -0.05) is 31.0 Å². The van der Waals surface area contributed by atoms with Crippen LogP contribution in [0, 0.1) is 0 Å². The van der Waals surface area contributed by atoms with Gasteiger partial charge in [-0.3, -0.25) is 0 Å². The molecular formula is C15H18O2. The Morgan fingerprint density at radius 1 is 1.00 bits per heavy atom. The number of hydrogen-bond acceptors (Lipinski definition) is 2. The van der Waals surface area contributed by atoms with Gasteiger partial charge in [0.15, 0.2) is 0 Å². The number of carbonyl (C=O) groups is 1. The van der Waals surface area contributed by atoms with E-state index >= 15 is 0 Å². The molecule has 1 aliphatic carbocycles. The van der Waals surface area contributed by atoms with Gasteiger partial charge in [0, 0.05) is 6.42 Å². The number of esters is 1. The molecule has 2 nitrogen and oxygen atoms in total. The van der Waals surface area contributed by atoms with Crippen molar-refractivity contribution in [3.05, 3.63) is 47.7 Å². The Balaban J connectivity index is 1.98. The number of allylic oxidation sites excluding steroid dienone is 2. The number of ether oxygens (including phenoxy) is 1. The number of benzene rings is 1. The van der Waals surface area contributed by atoms with Crippen molar-refractivity contribution < 1.29 is 9.53 Å². The lowest BCUT2D eigenvalue weighted by atomic mass is 10.1. The third-order valence-corrected chi connectivity index (χ3v) is 2.98. The summed E-state index contributed by atoms with van der Waals surface area (Å²) in [6, 6.07) is 9.16. The summed E-state index contributed by atoms with van der Waals surface area (Å²) in [6.45, 7) is 0. The fraction of sp³-hybridized carbons (Fsp3) is 0.400. The zero-order valence-corrected chi connectivity index (χ0v) is 10.0. The molecule has 0 aromatic heterocycles. The molecule has 1 aromatic carbocycles. The largest absolute Gasteiger partial charge is 0.428 e. The minimum absolute atomic E-state index is 0.238. The van der Waals surface area contributed by atoms with Gasteiger partial charge < -0.3 is 4.74 Å². The van der Waals surface area contributed by atoms with Crippen LogP contribution in [0.4, 0.5) is 0 Å². The minimum Gasteiger partial charge on any atom is -0.428 e. The average Bonchev–Trinajstić information content (AvgIpc) is 2.33. The first-order valence-corrected chi connectivity index (χ1v) is 6.32. The quantitative estimate of drug-likeness (QED) is 0.715. The molecular weight excluding hydrogens is 212 g/mol. The molecule has 1 aromatic rings. The van der Waals surface area contributed by atoms with Crippen LogP contribution >= 0.6 is 0 Å². The lowest BCUT2D eigenvalue weighted by Crippen LogP contribution is -2.05. The van der Waals surface area contributed by atoms with Gasteiger partial charge in [-0.05, 0) is 37.5 Å². The first kappa shape index (κ1) is 11.9. The molecule has 0 heterocycles. The molecule has 0 fully saturated rings. The van der Waals surface area contributed by atoms with Crippen LogP contribution in [-0.2, 0) is 4.74 Å². The van der Waals surface area contributed by atoms with Crippen LogP contribution in [0.5, 0.6) is 0 Å². The second-order valence-electron chi connectivity index (χ2n) is 4.38. The lowest BCUT2D eigenvalue weighted by molar-refractivity contribution is 0.0610. The van der Waals surface area contributed by atoms with E-state index in [0.29, 0.717) is 5.56 Å². The fourth-order valence-corrected chi connectivity index (χ4v) is 2.01. The average molecular weight is 230 g/mol. The van der Waals surface area contributed by atoms with Crippen LogP contribution in [0.15, 0.2) is 42.2 Å². The van der Waals surface area contributed by atoms with Gasteiger partial charge in [-0.2, -0.15) is 0 Å². The monoisotopic (exact) mass is 230 g/mol. The molecule has 0 atom stereocenters. The molecule has 2 rings (SSSR count). The van der Waals surface area contributed by atoms with E-state index in [2.05, 4.69) is 6.08 Å². The van der Waals surface area contributed by atoms with Gasteiger partial charge in [0.05, 0.1) is 5.56 Å². The molecule has 0 bridgehead atoms. The van der Waals surface area contributed by atoms with Crippen LogP contribution in [0.3, 0.4) is 0 Å². The minimum atomic E-state index is -0.238. The van der Waals surface area contributed by atoms with Crippen molar-refractivity contribution in [1.29, 1.82) is 0 Å². The van der Waals surface area contributed by atoms with E-state index in [4.69, 9.17) is 4.74 Å². The summed E-state index contributed by atoms with van der Waals surface area (Å²) in [5.41, 5.74) is 0.621. The van der Waals surface area contributed by atoms with Crippen LogP contribution in [0.2, 0.25) is 0 Å². The third-order valence-electron chi connectivity index (χ3n) is 2.98. The van der Waals surface area contributed by atoms with Crippen LogP contribution in [-0.4, -0.2) is 5.97 Å². The summed E-state index contributed by atoms with van der Waals surface area (Å²) in [7, 11) is 0. The summed E-state index contributed by atoms with van der Waals surface area (Å²) < 4.78 is 5.44. The molecule has 0 unspecified atom stereocenters. The SMILES string of the molecule is O=C(OC1=CCCCCCC1)c1ccccc1. The van der Waals surface area contributed by atoms with Crippen molar-refractivity contribution >= 4 is 5.97 Å². The molecule has 0 aliphatic heterocycles. The second-order valence-corrected chi connectivity index (χ2v) is 4.38. The topological polar surface area (TPSA) is 26.3 Å². The predicted octanol–water partition coefficient (Wildman–Crippen LogP) is 4.08. The molecule has 1 aliphatic rings. The first-order valence-electron chi connectivity index (χ1n) is 6.32. The highest BCUT2D eigenvalue weighted by Gasteiger charge is 2.10. The van der Waals surface area contributed by atoms with Gasteiger partial charge in [0.1, 0.15) is 5.76 Å². The Morgan fingerprint density at radius 3 is 2.59 bits per heavy atom. The Bertz CT molecular complexity index is 393. The van der Waals surface area contributed by atoms with Crippen molar-refractivity contribution in [2.24, 2.45) is 0 Å². The zero-order chi connectivity index (χ0) is 11.9. The number of hydrogen-bond donors (Lipinski definition) is 0. The summed E-state index contributed by atoms with van der Waals surface area (Å²) in [5.74, 6) is 0.607. The highest BCUT2D eigenvalue weighted by molar-refractivity contribution is 5.89. The smallest absolute Gasteiger partial charge is 0.343 e. The van der Waals surface area contributed by atoms with E-state index in [1.54, 1.807) is 12.1 Å². The van der Waals surface area contributed by atoms with E-state index in [1.807, 2.05) is 18.2 Å². The molecule has 2 heteroatoms. The highest BCUT2D eigenvalue weighted by atomic mass is 16.5. The molecule has 17 heavy (non-hydrogen) atoms. The molecule has 0 saturated heterocycles. The maximum atomic E-state index is 11.8. The first-order chi connectivity index (χ1) is 8.36. The standard InChI is InChI=1S/C15H18O2/c16-15(13-9-5-4-6-10-13)17-14-11-7-2-1-3-8-12-14/h4-6,9-11H,1-3,7-8,12H2. The molecule has 90 valence electrons. The predicted molar refractivity (Wildman–Crippen MR) is 67.6 cm³/mol. The van der Waals surface area contributed by atoms with E-state index in [0.717, 1.165) is 25.0 Å². The van der Waals surface area contributed by atoms with Gasteiger partial charge in [-0.15, -0.1) is 0 Å². The van der Waals surface area contributed by atoms with Crippen molar-refractivity contribution in [3.8, 4) is 0 Å². The normalized spacial score (nSPS) is 16.6. The van der Waals surface area contributed by atoms with E-state index in [1.165, 1.54) is 19.3 Å². The highest BCUT2D eigenvalue weighted by Crippen LogP contribution is 2.19. The van der Waals surface area contributed by atoms with E-state index in [9.17, 15) is 4.79 Å².